The van der Waals surface area contributed by atoms with Gasteiger partial charge in [-0.15, -0.1) is 0 Å². The van der Waals surface area contributed by atoms with E-state index >= 15 is 0 Å². The Kier molecular flexibility index (Phi) is 4.29. The van der Waals surface area contributed by atoms with Crippen LogP contribution in [0.4, 0.5) is 8.78 Å². The SMILES string of the molecule is F/C(=C\c1ccc(F)cc1)Cc1c(Br)ccc2cccnc12. The van der Waals surface area contributed by atoms with E-state index < -0.39 is 0 Å². The molecule has 0 fully saturated rings. The maximum Gasteiger partial charge on any atom is 0.123 e. The van der Waals surface area contributed by atoms with Crippen molar-refractivity contribution in [3.8, 4) is 0 Å². The molecule has 4 heteroatoms. The van der Waals surface area contributed by atoms with E-state index in [4.69, 9.17) is 0 Å². The number of halogens is 3. The number of nitrogens with zero attached hydrogens (tertiary/aromatic N) is 1. The summed E-state index contributed by atoms with van der Waals surface area (Å²) in [6.45, 7) is 0. The van der Waals surface area contributed by atoms with Crippen LogP contribution in [-0.4, -0.2) is 4.98 Å². The Morgan fingerprint density at radius 3 is 2.64 bits per heavy atom. The van der Waals surface area contributed by atoms with E-state index in [1.165, 1.54) is 18.2 Å². The van der Waals surface area contributed by atoms with Crippen LogP contribution in [0.25, 0.3) is 17.0 Å². The Morgan fingerprint density at radius 1 is 1.09 bits per heavy atom. The maximum atomic E-state index is 14.3. The quantitative estimate of drug-likeness (QED) is 0.585. The highest BCUT2D eigenvalue weighted by atomic mass is 79.9. The van der Waals surface area contributed by atoms with E-state index in [0.717, 1.165) is 20.9 Å². The van der Waals surface area contributed by atoms with E-state index in [0.29, 0.717) is 5.56 Å². The lowest BCUT2D eigenvalue weighted by Gasteiger charge is -2.07. The first-order valence-electron chi connectivity index (χ1n) is 6.77. The van der Waals surface area contributed by atoms with Gasteiger partial charge in [-0.3, -0.25) is 4.98 Å². The zero-order valence-electron chi connectivity index (χ0n) is 11.6. The number of pyridine rings is 1. The van der Waals surface area contributed by atoms with Gasteiger partial charge in [-0.25, -0.2) is 8.78 Å². The zero-order chi connectivity index (χ0) is 15.5. The molecule has 0 saturated heterocycles. The lowest BCUT2D eigenvalue weighted by atomic mass is 10.1. The van der Waals surface area contributed by atoms with Crippen LogP contribution in [0, 0.1) is 5.82 Å². The standard InChI is InChI=1S/C18H12BrF2N/c19-17-8-5-13-2-1-9-22-18(13)16(17)11-15(21)10-12-3-6-14(20)7-4-12/h1-10H,11H2/b15-10-. The van der Waals surface area contributed by atoms with Gasteiger partial charge in [0.1, 0.15) is 11.6 Å². The van der Waals surface area contributed by atoms with Crippen LogP contribution >= 0.6 is 15.9 Å². The van der Waals surface area contributed by atoms with Crippen molar-refractivity contribution < 1.29 is 8.78 Å². The van der Waals surface area contributed by atoms with E-state index in [9.17, 15) is 8.78 Å². The van der Waals surface area contributed by atoms with Gasteiger partial charge in [0.05, 0.1) is 5.52 Å². The van der Waals surface area contributed by atoms with Crippen LogP contribution in [0.2, 0.25) is 0 Å². The number of benzene rings is 2. The van der Waals surface area contributed by atoms with Crippen LogP contribution in [-0.2, 0) is 6.42 Å². The molecule has 0 amide bonds. The molecule has 110 valence electrons. The van der Waals surface area contributed by atoms with Crippen LogP contribution in [0.5, 0.6) is 0 Å². The van der Waals surface area contributed by atoms with Crippen LogP contribution in [0.15, 0.2) is 65.0 Å². The van der Waals surface area contributed by atoms with Crippen LogP contribution in [0.1, 0.15) is 11.1 Å². The molecular formula is C18H12BrF2N. The number of allylic oxidation sites excluding steroid dienone is 1. The van der Waals surface area contributed by atoms with Gasteiger partial charge in [0.2, 0.25) is 0 Å². The molecule has 3 aromatic rings. The topological polar surface area (TPSA) is 12.9 Å². The average molecular weight is 360 g/mol. The smallest absolute Gasteiger partial charge is 0.123 e. The number of aromatic nitrogens is 1. The van der Waals surface area contributed by atoms with Crippen molar-refractivity contribution in [3.63, 3.8) is 0 Å². The van der Waals surface area contributed by atoms with Gasteiger partial charge in [0.25, 0.3) is 0 Å². The molecule has 0 saturated carbocycles. The minimum absolute atomic E-state index is 0.131. The summed E-state index contributed by atoms with van der Waals surface area (Å²) in [5, 5.41) is 0.968. The highest BCUT2D eigenvalue weighted by Gasteiger charge is 2.09. The summed E-state index contributed by atoms with van der Waals surface area (Å²) >= 11 is 3.46. The molecule has 0 atom stereocenters. The van der Waals surface area contributed by atoms with E-state index in [2.05, 4.69) is 20.9 Å². The highest BCUT2D eigenvalue weighted by Crippen LogP contribution is 2.28. The van der Waals surface area contributed by atoms with Gasteiger partial charge in [0, 0.05) is 22.5 Å². The molecule has 0 aliphatic carbocycles. The van der Waals surface area contributed by atoms with Gasteiger partial charge in [0.15, 0.2) is 0 Å². The second kappa shape index (κ2) is 6.36. The number of rotatable bonds is 3. The Hall–Kier alpha value is -2.07. The average Bonchev–Trinajstić information content (AvgIpc) is 2.52. The van der Waals surface area contributed by atoms with Crippen LogP contribution < -0.4 is 0 Å². The Balaban J connectivity index is 1.95. The lowest BCUT2D eigenvalue weighted by molar-refractivity contribution is 0.619. The Labute approximate surface area is 135 Å². The van der Waals surface area contributed by atoms with Gasteiger partial charge in [-0.2, -0.15) is 0 Å². The number of hydrogen-bond acceptors (Lipinski definition) is 1. The fourth-order valence-corrected chi connectivity index (χ4v) is 2.77. The minimum atomic E-state index is -0.335. The van der Waals surface area contributed by atoms with Gasteiger partial charge >= 0.3 is 0 Å². The lowest BCUT2D eigenvalue weighted by Crippen LogP contribution is -1.92. The van der Waals surface area contributed by atoms with Crippen molar-refractivity contribution in [1.29, 1.82) is 0 Å². The fraction of sp³-hybridized carbons (Fsp3) is 0.0556. The summed E-state index contributed by atoms with van der Waals surface area (Å²) in [6, 6.07) is 13.4. The Bertz CT molecular complexity index is 841. The van der Waals surface area contributed by atoms with E-state index in [-0.39, 0.29) is 18.1 Å². The zero-order valence-corrected chi connectivity index (χ0v) is 13.1. The first kappa shape index (κ1) is 14.9. The van der Waals surface area contributed by atoms with Crippen LogP contribution in [0.3, 0.4) is 0 Å². The van der Waals surface area contributed by atoms with Crippen molar-refractivity contribution in [2.75, 3.05) is 0 Å². The number of hydrogen-bond donors (Lipinski definition) is 0. The predicted octanol–water partition coefficient (Wildman–Crippen LogP) is 5.69. The van der Waals surface area contributed by atoms with Gasteiger partial charge < -0.3 is 0 Å². The second-order valence-electron chi connectivity index (χ2n) is 4.92. The summed E-state index contributed by atoms with van der Waals surface area (Å²) in [5.74, 6) is -0.635. The highest BCUT2D eigenvalue weighted by molar-refractivity contribution is 9.10. The third kappa shape index (κ3) is 3.22. The van der Waals surface area contributed by atoms with Crippen molar-refractivity contribution in [1.82, 2.24) is 4.98 Å². The second-order valence-corrected chi connectivity index (χ2v) is 5.77. The third-order valence-electron chi connectivity index (χ3n) is 3.36. The van der Waals surface area contributed by atoms with Crippen molar-refractivity contribution >= 4 is 32.9 Å². The number of fused-ring (bicyclic) bond motifs is 1. The van der Waals surface area contributed by atoms with Crippen molar-refractivity contribution in [3.05, 3.63) is 82.0 Å². The summed E-state index contributed by atoms with van der Waals surface area (Å²) < 4.78 is 28.0. The molecule has 0 aliphatic heterocycles. The first-order valence-corrected chi connectivity index (χ1v) is 7.56. The monoisotopic (exact) mass is 359 g/mol. The molecule has 0 radical (unpaired) electrons. The molecule has 0 aliphatic rings. The largest absolute Gasteiger partial charge is 0.256 e. The molecule has 1 nitrogen and oxygen atoms in total. The van der Waals surface area contributed by atoms with E-state index in [1.807, 2.05) is 24.3 Å². The van der Waals surface area contributed by atoms with Gasteiger partial charge in [-0.05, 0) is 41.5 Å². The molecule has 0 spiro atoms. The molecular weight excluding hydrogens is 348 g/mol. The third-order valence-corrected chi connectivity index (χ3v) is 4.10. The summed E-state index contributed by atoms with van der Waals surface area (Å²) in [7, 11) is 0. The van der Waals surface area contributed by atoms with E-state index in [1.54, 1.807) is 18.3 Å². The molecule has 22 heavy (non-hydrogen) atoms. The Morgan fingerprint density at radius 2 is 1.86 bits per heavy atom. The maximum absolute atomic E-state index is 14.3. The minimum Gasteiger partial charge on any atom is -0.256 e. The molecule has 1 aromatic heterocycles. The molecule has 3 rings (SSSR count). The summed E-state index contributed by atoms with van der Waals surface area (Å²) in [6.07, 6.45) is 3.24. The fourth-order valence-electron chi connectivity index (χ4n) is 2.31. The first-order chi connectivity index (χ1) is 10.6. The summed E-state index contributed by atoms with van der Waals surface area (Å²) in [5.41, 5.74) is 2.21. The normalized spacial score (nSPS) is 11.9. The van der Waals surface area contributed by atoms with Gasteiger partial charge in [-0.1, -0.05) is 40.2 Å². The summed E-state index contributed by atoms with van der Waals surface area (Å²) in [4.78, 5) is 4.34. The van der Waals surface area contributed by atoms with Crippen molar-refractivity contribution in [2.45, 2.75) is 6.42 Å². The predicted molar refractivity (Wildman–Crippen MR) is 88.6 cm³/mol. The molecule has 0 bridgehead atoms. The molecule has 0 unspecified atom stereocenters. The molecule has 0 N–H and O–H groups in total. The molecule has 1 heterocycles. The molecule has 2 aromatic carbocycles. The van der Waals surface area contributed by atoms with Crippen molar-refractivity contribution in [2.24, 2.45) is 0 Å².